The second-order valence-electron chi connectivity index (χ2n) is 6.84. The zero-order chi connectivity index (χ0) is 13.6. The molecule has 0 radical (unpaired) electrons. The van der Waals surface area contributed by atoms with E-state index in [1.807, 2.05) is 0 Å². The zero-order valence-corrected chi connectivity index (χ0v) is 13.3. The summed E-state index contributed by atoms with van der Waals surface area (Å²) in [4.78, 5) is 2.70. The number of hydrogen-bond donors (Lipinski definition) is 1. The molecule has 0 amide bonds. The topological polar surface area (TPSA) is 15.3 Å². The second kappa shape index (κ2) is 7.49. The van der Waals surface area contributed by atoms with Crippen LogP contribution >= 0.6 is 0 Å². The molecule has 0 aromatic carbocycles. The first kappa shape index (κ1) is 16.0. The third-order valence-corrected chi connectivity index (χ3v) is 4.26. The molecule has 1 aliphatic rings. The lowest BCUT2D eigenvalue weighted by molar-refractivity contribution is 0.138. The van der Waals surface area contributed by atoms with E-state index < -0.39 is 0 Å². The molecular formula is C16H34N2. The van der Waals surface area contributed by atoms with Crippen molar-refractivity contribution < 1.29 is 0 Å². The fraction of sp³-hybridized carbons (Fsp3) is 1.00. The summed E-state index contributed by atoms with van der Waals surface area (Å²) in [7, 11) is 0. The molecule has 0 aromatic rings. The number of nitrogens with one attached hydrogen (secondary N) is 1. The molecule has 0 heterocycles. The van der Waals surface area contributed by atoms with Gasteiger partial charge in [0.05, 0.1) is 0 Å². The van der Waals surface area contributed by atoms with Crippen LogP contribution < -0.4 is 5.32 Å². The molecule has 1 rings (SSSR count). The average molecular weight is 254 g/mol. The van der Waals surface area contributed by atoms with Crippen LogP contribution in [0.2, 0.25) is 0 Å². The highest BCUT2D eigenvalue weighted by molar-refractivity contribution is 4.86. The summed E-state index contributed by atoms with van der Waals surface area (Å²) in [5.41, 5.74) is 0.360. The first-order chi connectivity index (χ1) is 8.49. The predicted molar refractivity (Wildman–Crippen MR) is 81.0 cm³/mol. The fourth-order valence-corrected chi connectivity index (χ4v) is 2.57. The van der Waals surface area contributed by atoms with Gasteiger partial charge in [0.25, 0.3) is 0 Å². The SMILES string of the molecule is CCCNC(C)C(C)(C)CN(CCC)CC1CC1. The Kier molecular flexibility index (Phi) is 6.65. The van der Waals surface area contributed by atoms with Crippen molar-refractivity contribution in [1.82, 2.24) is 10.2 Å². The summed E-state index contributed by atoms with van der Waals surface area (Å²) in [6.45, 7) is 16.7. The molecule has 2 heteroatoms. The molecule has 0 aromatic heterocycles. The Bertz CT molecular complexity index is 221. The molecule has 0 bridgehead atoms. The van der Waals surface area contributed by atoms with Crippen molar-refractivity contribution in [2.75, 3.05) is 26.2 Å². The van der Waals surface area contributed by atoms with E-state index in [1.54, 1.807) is 0 Å². The summed E-state index contributed by atoms with van der Waals surface area (Å²) < 4.78 is 0. The fourth-order valence-electron chi connectivity index (χ4n) is 2.57. The van der Waals surface area contributed by atoms with Crippen LogP contribution in [-0.2, 0) is 0 Å². The molecule has 108 valence electrons. The van der Waals surface area contributed by atoms with Crippen LogP contribution in [0.25, 0.3) is 0 Å². The van der Waals surface area contributed by atoms with Crippen LogP contribution in [0.4, 0.5) is 0 Å². The van der Waals surface area contributed by atoms with Gasteiger partial charge in [-0.25, -0.2) is 0 Å². The second-order valence-corrected chi connectivity index (χ2v) is 6.84. The smallest absolute Gasteiger partial charge is 0.0102 e. The number of rotatable bonds is 10. The van der Waals surface area contributed by atoms with E-state index in [-0.39, 0.29) is 0 Å². The van der Waals surface area contributed by atoms with Gasteiger partial charge in [-0.15, -0.1) is 0 Å². The summed E-state index contributed by atoms with van der Waals surface area (Å²) in [6.07, 6.45) is 5.43. The van der Waals surface area contributed by atoms with Gasteiger partial charge in [0.1, 0.15) is 0 Å². The Morgan fingerprint density at radius 3 is 2.39 bits per heavy atom. The monoisotopic (exact) mass is 254 g/mol. The largest absolute Gasteiger partial charge is 0.314 e. The Hall–Kier alpha value is -0.0800. The van der Waals surface area contributed by atoms with Crippen LogP contribution in [0.1, 0.15) is 60.3 Å². The molecule has 18 heavy (non-hydrogen) atoms. The van der Waals surface area contributed by atoms with Gasteiger partial charge in [-0.05, 0) is 57.0 Å². The maximum atomic E-state index is 3.66. The minimum absolute atomic E-state index is 0.360. The van der Waals surface area contributed by atoms with Gasteiger partial charge in [-0.1, -0.05) is 27.7 Å². The first-order valence-corrected chi connectivity index (χ1v) is 7.95. The highest BCUT2D eigenvalue weighted by Gasteiger charge is 2.30. The minimum atomic E-state index is 0.360. The third kappa shape index (κ3) is 5.71. The Morgan fingerprint density at radius 2 is 1.89 bits per heavy atom. The maximum Gasteiger partial charge on any atom is 0.0102 e. The van der Waals surface area contributed by atoms with Gasteiger partial charge in [0.15, 0.2) is 0 Å². The molecule has 1 aliphatic carbocycles. The molecule has 1 saturated carbocycles. The maximum absolute atomic E-state index is 3.66. The molecule has 1 atom stereocenters. The van der Waals surface area contributed by atoms with E-state index >= 15 is 0 Å². The van der Waals surface area contributed by atoms with Crippen LogP contribution in [0.3, 0.4) is 0 Å². The molecule has 0 saturated heterocycles. The van der Waals surface area contributed by atoms with Crippen LogP contribution in [-0.4, -0.2) is 37.1 Å². The number of hydrogen-bond acceptors (Lipinski definition) is 2. The van der Waals surface area contributed by atoms with E-state index in [9.17, 15) is 0 Å². The van der Waals surface area contributed by atoms with Gasteiger partial charge in [-0.3, -0.25) is 0 Å². The van der Waals surface area contributed by atoms with Crippen molar-refractivity contribution in [1.29, 1.82) is 0 Å². The lowest BCUT2D eigenvalue weighted by Gasteiger charge is -2.37. The van der Waals surface area contributed by atoms with Gasteiger partial charge >= 0.3 is 0 Å². The normalized spacial score (nSPS) is 18.3. The minimum Gasteiger partial charge on any atom is -0.314 e. The van der Waals surface area contributed by atoms with Crippen molar-refractivity contribution in [3.63, 3.8) is 0 Å². The van der Waals surface area contributed by atoms with E-state index in [0.717, 1.165) is 12.5 Å². The van der Waals surface area contributed by atoms with E-state index in [2.05, 4.69) is 44.8 Å². The van der Waals surface area contributed by atoms with Crippen LogP contribution in [0.15, 0.2) is 0 Å². The molecule has 1 N–H and O–H groups in total. The predicted octanol–water partition coefficient (Wildman–Crippen LogP) is 3.52. The van der Waals surface area contributed by atoms with Gasteiger partial charge in [0.2, 0.25) is 0 Å². The number of nitrogens with zero attached hydrogens (tertiary/aromatic N) is 1. The Labute approximate surface area is 115 Å². The van der Waals surface area contributed by atoms with E-state index in [4.69, 9.17) is 0 Å². The standard InChI is InChI=1S/C16H34N2/c1-6-10-17-14(3)16(4,5)13-18(11-7-2)12-15-8-9-15/h14-15,17H,6-13H2,1-5H3. The van der Waals surface area contributed by atoms with Gasteiger partial charge in [-0.2, -0.15) is 0 Å². The van der Waals surface area contributed by atoms with Crippen molar-refractivity contribution in [2.45, 2.75) is 66.3 Å². The lowest BCUT2D eigenvalue weighted by Crippen LogP contribution is -2.47. The van der Waals surface area contributed by atoms with Crippen LogP contribution in [0.5, 0.6) is 0 Å². The van der Waals surface area contributed by atoms with Crippen molar-refractivity contribution in [3.05, 3.63) is 0 Å². The molecule has 0 spiro atoms. The van der Waals surface area contributed by atoms with Gasteiger partial charge in [0, 0.05) is 19.1 Å². The first-order valence-electron chi connectivity index (χ1n) is 7.95. The van der Waals surface area contributed by atoms with E-state index in [1.165, 1.54) is 45.3 Å². The molecular weight excluding hydrogens is 220 g/mol. The molecule has 0 aliphatic heterocycles. The summed E-state index contributed by atoms with van der Waals surface area (Å²) >= 11 is 0. The van der Waals surface area contributed by atoms with Crippen LogP contribution in [0, 0.1) is 11.3 Å². The van der Waals surface area contributed by atoms with Gasteiger partial charge < -0.3 is 10.2 Å². The Balaban J connectivity index is 2.42. The summed E-state index contributed by atoms with van der Waals surface area (Å²) in [6, 6.07) is 0.594. The zero-order valence-electron chi connectivity index (χ0n) is 13.3. The molecule has 2 nitrogen and oxygen atoms in total. The van der Waals surface area contributed by atoms with Crippen molar-refractivity contribution in [3.8, 4) is 0 Å². The average Bonchev–Trinajstić information content (AvgIpc) is 3.09. The Morgan fingerprint density at radius 1 is 1.22 bits per heavy atom. The summed E-state index contributed by atoms with van der Waals surface area (Å²) in [5, 5.41) is 3.66. The summed E-state index contributed by atoms with van der Waals surface area (Å²) in [5.74, 6) is 1.01. The highest BCUT2D eigenvalue weighted by atomic mass is 15.1. The lowest BCUT2D eigenvalue weighted by atomic mass is 9.84. The highest BCUT2D eigenvalue weighted by Crippen LogP contribution is 2.31. The van der Waals surface area contributed by atoms with Crippen molar-refractivity contribution >= 4 is 0 Å². The van der Waals surface area contributed by atoms with Crippen molar-refractivity contribution in [2.24, 2.45) is 11.3 Å². The quantitative estimate of drug-likeness (QED) is 0.641. The molecule has 1 unspecified atom stereocenters. The molecule has 1 fully saturated rings. The third-order valence-electron chi connectivity index (χ3n) is 4.26. The van der Waals surface area contributed by atoms with E-state index in [0.29, 0.717) is 11.5 Å².